The van der Waals surface area contributed by atoms with Crippen molar-refractivity contribution in [3.05, 3.63) is 61.4 Å². The number of hydrogen-bond acceptors (Lipinski definition) is 6. The highest BCUT2D eigenvalue weighted by Crippen LogP contribution is 2.41. The molecule has 1 spiro atoms. The summed E-state index contributed by atoms with van der Waals surface area (Å²) in [6.07, 6.45) is 17.5. The summed E-state index contributed by atoms with van der Waals surface area (Å²) in [6.45, 7) is 0. The number of aryl methyl sites for hydroxylation is 1. The Hall–Kier alpha value is -3.36. The lowest BCUT2D eigenvalue weighted by atomic mass is 9.78. The predicted octanol–water partition coefficient (Wildman–Crippen LogP) is 3.96. The van der Waals surface area contributed by atoms with Crippen LogP contribution in [0.4, 0.5) is 0 Å². The second kappa shape index (κ2) is 8.45. The molecule has 1 unspecified atom stereocenters. The van der Waals surface area contributed by atoms with Gasteiger partial charge in [-0.3, -0.25) is 14.7 Å². The zero-order valence-corrected chi connectivity index (χ0v) is 19.3. The number of rotatable bonds is 4. The van der Waals surface area contributed by atoms with Gasteiger partial charge >= 0.3 is 0 Å². The minimum atomic E-state index is -0.339. The standard InChI is InChI=1S/C26H29N7O/c1-32-16-21(14-29-32)18-3-2-4-19(11-18)25-27-12-20(13-28-25)22-15-30-33(17-22)23-5-8-26(9-6-23)10-7-24(34)31-26/h2-4,11-17,23-24,31,34H,5-10H2,1H3. The topological polar surface area (TPSA) is 93.7 Å². The SMILES string of the molecule is Cn1cc(-c2cccc(-c3ncc(-c4cnn(C5CCC6(CCC(O)N6)CC5)c4)cn3)c2)cn1. The molecule has 3 aromatic heterocycles. The quantitative estimate of drug-likeness (QED) is 0.484. The van der Waals surface area contributed by atoms with Crippen LogP contribution in [0.5, 0.6) is 0 Å². The molecule has 2 aliphatic rings. The molecule has 1 aliphatic heterocycles. The third kappa shape index (κ3) is 4.03. The highest BCUT2D eigenvalue weighted by Gasteiger charge is 2.41. The van der Waals surface area contributed by atoms with E-state index in [1.54, 1.807) is 4.68 Å². The van der Waals surface area contributed by atoms with E-state index in [0.717, 1.165) is 66.3 Å². The van der Waals surface area contributed by atoms with Crippen LogP contribution in [0.2, 0.25) is 0 Å². The van der Waals surface area contributed by atoms with Gasteiger partial charge in [0.25, 0.3) is 0 Å². The van der Waals surface area contributed by atoms with Gasteiger partial charge in [-0.1, -0.05) is 18.2 Å². The molecular weight excluding hydrogens is 426 g/mol. The third-order valence-electron chi connectivity index (χ3n) is 7.40. The van der Waals surface area contributed by atoms with Gasteiger partial charge in [0.15, 0.2) is 5.82 Å². The van der Waals surface area contributed by atoms with Crippen LogP contribution in [0.3, 0.4) is 0 Å². The van der Waals surface area contributed by atoms with Crippen LogP contribution in [0.25, 0.3) is 33.6 Å². The first kappa shape index (κ1) is 21.2. The Kier molecular flexibility index (Phi) is 5.27. The molecule has 2 fully saturated rings. The highest BCUT2D eigenvalue weighted by atomic mass is 16.3. The molecular formula is C26H29N7O. The average molecular weight is 456 g/mol. The van der Waals surface area contributed by atoms with Crippen LogP contribution in [-0.2, 0) is 7.05 Å². The molecule has 1 saturated heterocycles. The Morgan fingerprint density at radius 3 is 2.26 bits per heavy atom. The fraction of sp³-hybridized carbons (Fsp3) is 0.385. The number of aliphatic hydroxyl groups excluding tert-OH is 1. The summed E-state index contributed by atoms with van der Waals surface area (Å²) in [7, 11) is 1.92. The number of aromatic nitrogens is 6. The zero-order chi connectivity index (χ0) is 23.1. The minimum Gasteiger partial charge on any atom is -0.379 e. The summed E-state index contributed by atoms with van der Waals surface area (Å²) in [5, 5.41) is 22.2. The van der Waals surface area contributed by atoms with Crippen molar-refractivity contribution in [2.45, 2.75) is 56.3 Å². The Morgan fingerprint density at radius 2 is 1.56 bits per heavy atom. The van der Waals surface area contributed by atoms with Crippen LogP contribution < -0.4 is 5.32 Å². The first-order valence-electron chi connectivity index (χ1n) is 12.0. The monoisotopic (exact) mass is 455 g/mol. The maximum Gasteiger partial charge on any atom is 0.159 e. The van der Waals surface area contributed by atoms with Gasteiger partial charge in [0.1, 0.15) is 6.23 Å². The summed E-state index contributed by atoms with van der Waals surface area (Å²) in [5.41, 5.74) is 5.27. The lowest BCUT2D eigenvalue weighted by molar-refractivity contribution is 0.119. The van der Waals surface area contributed by atoms with E-state index < -0.39 is 0 Å². The van der Waals surface area contributed by atoms with Crippen molar-refractivity contribution in [2.24, 2.45) is 7.05 Å². The van der Waals surface area contributed by atoms with E-state index in [9.17, 15) is 5.11 Å². The van der Waals surface area contributed by atoms with E-state index >= 15 is 0 Å². The number of aliphatic hydroxyl groups is 1. The largest absolute Gasteiger partial charge is 0.379 e. The maximum atomic E-state index is 9.87. The van der Waals surface area contributed by atoms with Gasteiger partial charge in [-0.25, -0.2) is 9.97 Å². The summed E-state index contributed by atoms with van der Waals surface area (Å²) in [5.74, 6) is 0.700. The first-order chi connectivity index (χ1) is 16.6. The molecule has 0 amide bonds. The molecule has 0 radical (unpaired) electrons. The molecule has 4 aromatic rings. The fourth-order valence-electron chi connectivity index (χ4n) is 5.45. The summed E-state index contributed by atoms with van der Waals surface area (Å²) in [6, 6.07) is 8.62. The Labute approximate surface area is 198 Å². The minimum absolute atomic E-state index is 0.129. The van der Waals surface area contributed by atoms with Gasteiger partial charge in [0.2, 0.25) is 0 Å². The highest BCUT2D eigenvalue weighted by molar-refractivity contribution is 5.70. The van der Waals surface area contributed by atoms with Crippen LogP contribution in [0, 0.1) is 0 Å². The molecule has 174 valence electrons. The molecule has 1 saturated carbocycles. The maximum absolute atomic E-state index is 9.87. The smallest absolute Gasteiger partial charge is 0.159 e. The molecule has 1 aromatic carbocycles. The number of nitrogens with zero attached hydrogens (tertiary/aromatic N) is 6. The number of hydrogen-bond donors (Lipinski definition) is 2. The van der Waals surface area contributed by atoms with Gasteiger partial charge in [-0.2, -0.15) is 10.2 Å². The predicted molar refractivity (Wildman–Crippen MR) is 130 cm³/mol. The van der Waals surface area contributed by atoms with E-state index in [0.29, 0.717) is 11.9 Å². The van der Waals surface area contributed by atoms with Gasteiger partial charge in [-0.05, 0) is 50.2 Å². The van der Waals surface area contributed by atoms with Crippen LogP contribution in [0.1, 0.15) is 44.6 Å². The van der Waals surface area contributed by atoms with Gasteiger partial charge < -0.3 is 5.11 Å². The molecule has 1 aliphatic carbocycles. The summed E-state index contributed by atoms with van der Waals surface area (Å²) in [4.78, 5) is 9.28. The van der Waals surface area contributed by atoms with E-state index in [1.165, 1.54) is 0 Å². The molecule has 8 nitrogen and oxygen atoms in total. The number of nitrogens with one attached hydrogen (secondary N) is 1. The Balaban J connectivity index is 1.16. The van der Waals surface area contributed by atoms with Crippen LogP contribution >= 0.6 is 0 Å². The van der Waals surface area contributed by atoms with Crippen molar-refractivity contribution < 1.29 is 5.11 Å². The second-order valence-electron chi connectivity index (χ2n) is 9.70. The Bertz CT molecular complexity index is 1280. The molecule has 4 heterocycles. The van der Waals surface area contributed by atoms with Crippen LogP contribution in [-0.4, -0.2) is 46.4 Å². The zero-order valence-electron chi connectivity index (χ0n) is 19.3. The Morgan fingerprint density at radius 1 is 0.853 bits per heavy atom. The van der Waals surface area contributed by atoms with Crippen molar-refractivity contribution in [1.82, 2.24) is 34.8 Å². The van der Waals surface area contributed by atoms with Gasteiger partial charge in [0, 0.05) is 59.6 Å². The van der Waals surface area contributed by atoms with E-state index in [-0.39, 0.29) is 11.8 Å². The van der Waals surface area contributed by atoms with Crippen molar-refractivity contribution in [2.75, 3.05) is 0 Å². The van der Waals surface area contributed by atoms with Crippen molar-refractivity contribution >= 4 is 0 Å². The van der Waals surface area contributed by atoms with Crippen molar-refractivity contribution in [3.8, 4) is 33.6 Å². The van der Waals surface area contributed by atoms with E-state index in [2.05, 4.69) is 48.5 Å². The molecule has 1 atom stereocenters. The van der Waals surface area contributed by atoms with Gasteiger partial charge in [-0.15, -0.1) is 0 Å². The average Bonchev–Trinajstić information content (AvgIpc) is 3.61. The third-order valence-corrected chi connectivity index (χ3v) is 7.40. The van der Waals surface area contributed by atoms with Crippen LogP contribution in [0.15, 0.2) is 61.4 Å². The summed E-state index contributed by atoms with van der Waals surface area (Å²) >= 11 is 0. The molecule has 6 rings (SSSR count). The normalized spacial score (nSPS) is 24.6. The molecule has 2 N–H and O–H groups in total. The fourth-order valence-corrected chi connectivity index (χ4v) is 5.45. The molecule has 0 bridgehead atoms. The van der Waals surface area contributed by atoms with Crippen molar-refractivity contribution in [1.29, 1.82) is 0 Å². The second-order valence-corrected chi connectivity index (χ2v) is 9.70. The lowest BCUT2D eigenvalue weighted by Gasteiger charge is -2.37. The van der Waals surface area contributed by atoms with E-state index in [1.807, 2.05) is 50.2 Å². The number of benzene rings is 1. The first-order valence-corrected chi connectivity index (χ1v) is 12.0. The van der Waals surface area contributed by atoms with E-state index in [4.69, 9.17) is 0 Å². The molecule has 8 heteroatoms. The summed E-state index contributed by atoms with van der Waals surface area (Å²) < 4.78 is 3.90. The van der Waals surface area contributed by atoms with Crippen molar-refractivity contribution in [3.63, 3.8) is 0 Å². The lowest BCUT2D eigenvalue weighted by Crippen LogP contribution is -2.46. The molecule has 34 heavy (non-hydrogen) atoms. The van der Waals surface area contributed by atoms with Gasteiger partial charge in [0.05, 0.1) is 18.4 Å².